The zero-order valence-electron chi connectivity index (χ0n) is 15.2. The number of piperidine rings is 1. The van der Waals surface area contributed by atoms with Gasteiger partial charge in [0.2, 0.25) is 15.9 Å². The van der Waals surface area contributed by atoms with Crippen LogP contribution in [0.25, 0.3) is 0 Å². The summed E-state index contributed by atoms with van der Waals surface area (Å²) in [4.78, 5) is 11.5. The van der Waals surface area contributed by atoms with Gasteiger partial charge >= 0.3 is 0 Å². The van der Waals surface area contributed by atoms with Crippen LogP contribution in [0.5, 0.6) is 0 Å². The van der Waals surface area contributed by atoms with Crippen molar-refractivity contribution in [1.29, 1.82) is 0 Å². The van der Waals surface area contributed by atoms with E-state index < -0.39 is 26.6 Å². The minimum absolute atomic E-state index is 0. The Balaban J connectivity index is 0.00000364. The number of amides is 1. The Hall–Kier alpha value is -1.29. The normalized spacial score (nSPS) is 16.0. The SMILES string of the molecule is CCCNCCNC(=O)C1CCN(S(=O)(=O)c2cc(F)ccc2F)CC1.Cl. The van der Waals surface area contributed by atoms with E-state index in [1.807, 2.05) is 0 Å². The number of rotatable bonds is 8. The summed E-state index contributed by atoms with van der Waals surface area (Å²) >= 11 is 0. The van der Waals surface area contributed by atoms with Gasteiger partial charge in [-0.15, -0.1) is 12.4 Å². The van der Waals surface area contributed by atoms with Crippen LogP contribution >= 0.6 is 12.4 Å². The first-order valence-electron chi connectivity index (χ1n) is 8.80. The largest absolute Gasteiger partial charge is 0.355 e. The Kier molecular flexibility index (Phi) is 9.58. The summed E-state index contributed by atoms with van der Waals surface area (Å²) in [6.07, 6.45) is 1.72. The molecule has 1 aliphatic rings. The summed E-state index contributed by atoms with van der Waals surface area (Å²) in [5.74, 6) is -2.16. The molecule has 6 nitrogen and oxygen atoms in total. The standard InChI is InChI=1S/C17H25F2N3O3S.ClH/c1-2-7-20-8-9-21-17(23)13-5-10-22(11-6-13)26(24,25)16-12-14(18)3-4-15(16)19;/h3-4,12-13,20H,2,5-11H2,1H3,(H,21,23);1H. The van der Waals surface area contributed by atoms with Gasteiger partial charge in [-0.25, -0.2) is 17.2 Å². The van der Waals surface area contributed by atoms with Gasteiger partial charge in [-0.2, -0.15) is 4.31 Å². The third-order valence-corrected chi connectivity index (χ3v) is 6.28. The van der Waals surface area contributed by atoms with Crippen LogP contribution in [0.15, 0.2) is 23.1 Å². The van der Waals surface area contributed by atoms with Crippen molar-refractivity contribution in [2.24, 2.45) is 5.92 Å². The second kappa shape index (κ2) is 10.9. The highest BCUT2D eigenvalue weighted by Crippen LogP contribution is 2.26. The molecule has 1 fully saturated rings. The fourth-order valence-electron chi connectivity index (χ4n) is 2.89. The number of nitrogens with zero attached hydrogens (tertiary/aromatic N) is 1. The van der Waals surface area contributed by atoms with Crippen LogP contribution in [0.1, 0.15) is 26.2 Å². The van der Waals surface area contributed by atoms with Crippen LogP contribution in [0.3, 0.4) is 0 Å². The first kappa shape index (κ1) is 23.7. The first-order valence-corrected chi connectivity index (χ1v) is 10.2. The highest BCUT2D eigenvalue weighted by atomic mass is 35.5. The average molecular weight is 426 g/mol. The minimum Gasteiger partial charge on any atom is -0.355 e. The smallest absolute Gasteiger partial charge is 0.246 e. The Bertz CT molecular complexity index is 726. The Morgan fingerprint density at radius 2 is 1.85 bits per heavy atom. The van der Waals surface area contributed by atoms with Gasteiger partial charge in [0.1, 0.15) is 16.5 Å². The molecule has 0 aromatic heterocycles. The number of hydrogen-bond acceptors (Lipinski definition) is 4. The van der Waals surface area contributed by atoms with E-state index in [1.165, 1.54) is 0 Å². The number of carbonyl (C=O) groups is 1. The predicted octanol–water partition coefficient (Wildman–Crippen LogP) is 1.90. The van der Waals surface area contributed by atoms with Crippen molar-refractivity contribution in [3.8, 4) is 0 Å². The molecule has 1 aromatic carbocycles. The van der Waals surface area contributed by atoms with Crippen LogP contribution in [-0.4, -0.2) is 51.4 Å². The molecule has 154 valence electrons. The molecule has 2 N–H and O–H groups in total. The molecule has 10 heteroatoms. The van der Waals surface area contributed by atoms with Gasteiger partial charge in [0.25, 0.3) is 0 Å². The lowest BCUT2D eigenvalue weighted by Crippen LogP contribution is -2.44. The molecule has 0 bridgehead atoms. The van der Waals surface area contributed by atoms with E-state index in [1.54, 1.807) is 0 Å². The lowest BCUT2D eigenvalue weighted by molar-refractivity contribution is -0.126. The maximum absolute atomic E-state index is 13.8. The molecular weight excluding hydrogens is 400 g/mol. The van der Waals surface area contributed by atoms with E-state index in [0.29, 0.717) is 32.0 Å². The molecule has 1 heterocycles. The summed E-state index contributed by atoms with van der Waals surface area (Å²) in [7, 11) is -4.11. The van der Waals surface area contributed by atoms with Crippen LogP contribution in [0, 0.1) is 17.6 Å². The minimum atomic E-state index is -4.11. The first-order chi connectivity index (χ1) is 12.4. The van der Waals surface area contributed by atoms with Crippen molar-refractivity contribution in [1.82, 2.24) is 14.9 Å². The van der Waals surface area contributed by atoms with Crippen molar-refractivity contribution >= 4 is 28.3 Å². The van der Waals surface area contributed by atoms with Crippen molar-refractivity contribution in [3.63, 3.8) is 0 Å². The van der Waals surface area contributed by atoms with Gasteiger partial charge in [-0.05, 0) is 44.0 Å². The molecule has 1 saturated heterocycles. The maximum atomic E-state index is 13.8. The fourth-order valence-corrected chi connectivity index (χ4v) is 4.44. The number of carbonyl (C=O) groups excluding carboxylic acids is 1. The number of halogens is 3. The summed E-state index contributed by atoms with van der Waals surface area (Å²) in [5, 5.41) is 6.01. The molecular formula is C17H26ClF2N3O3S. The second-order valence-electron chi connectivity index (χ2n) is 6.29. The molecule has 1 aromatic rings. The van der Waals surface area contributed by atoms with Crippen LogP contribution in [0.2, 0.25) is 0 Å². The van der Waals surface area contributed by atoms with Crippen molar-refractivity contribution in [2.45, 2.75) is 31.1 Å². The van der Waals surface area contributed by atoms with Gasteiger partial charge in [-0.3, -0.25) is 4.79 Å². The Labute approximate surface area is 165 Å². The van der Waals surface area contributed by atoms with Crippen molar-refractivity contribution in [3.05, 3.63) is 29.8 Å². The fraction of sp³-hybridized carbons (Fsp3) is 0.588. The van der Waals surface area contributed by atoms with E-state index in [0.717, 1.165) is 29.4 Å². The van der Waals surface area contributed by atoms with Gasteiger partial charge in [0.05, 0.1) is 0 Å². The zero-order chi connectivity index (χ0) is 19.2. The number of nitrogens with one attached hydrogen (secondary N) is 2. The van der Waals surface area contributed by atoms with Crippen LogP contribution < -0.4 is 10.6 Å². The lowest BCUT2D eigenvalue weighted by atomic mass is 9.97. The molecule has 0 spiro atoms. The maximum Gasteiger partial charge on any atom is 0.246 e. The molecule has 0 unspecified atom stereocenters. The summed E-state index contributed by atoms with van der Waals surface area (Å²) in [6, 6.07) is 2.36. The lowest BCUT2D eigenvalue weighted by Gasteiger charge is -2.30. The molecule has 27 heavy (non-hydrogen) atoms. The monoisotopic (exact) mass is 425 g/mol. The highest BCUT2D eigenvalue weighted by Gasteiger charge is 2.33. The Morgan fingerprint density at radius 1 is 1.19 bits per heavy atom. The Morgan fingerprint density at radius 3 is 2.48 bits per heavy atom. The third-order valence-electron chi connectivity index (χ3n) is 4.36. The van der Waals surface area contributed by atoms with Crippen LogP contribution in [-0.2, 0) is 14.8 Å². The molecule has 1 amide bonds. The van der Waals surface area contributed by atoms with Crippen LogP contribution in [0.4, 0.5) is 8.78 Å². The topological polar surface area (TPSA) is 78.5 Å². The van der Waals surface area contributed by atoms with Gasteiger partial charge in [0, 0.05) is 32.1 Å². The quantitative estimate of drug-likeness (QED) is 0.623. The molecule has 0 saturated carbocycles. The summed E-state index contributed by atoms with van der Waals surface area (Å²) < 4.78 is 53.3. The molecule has 0 radical (unpaired) electrons. The highest BCUT2D eigenvalue weighted by molar-refractivity contribution is 7.89. The average Bonchev–Trinajstić information content (AvgIpc) is 2.63. The molecule has 1 aliphatic heterocycles. The summed E-state index contributed by atoms with van der Waals surface area (Å²) in [6.45, 7) is 4.36. The predicted molar refractivity (Wildman–Crippen MR) is 101 cm³/mol. The van der Waals surface area contributed by atoms with Gasteiger partial charge < -0.3 is 10.6 Å². The van der Waals surface area contributed by atoms with Gasteiger partial charge in [-0.1, -0.05) is 6.92 Å². The second-order valence-corrected chi connectivity index (χ2v) is 8.20. The van der Waals surface area contributed by atoms with E-state index in [4.69, 9.17) is 0 Å². The van der Waals surface area contributed by atoms with Crippen molar-refractivity contribution < 1.29 is 22.0 Å². The van der Waals surface area contributed by atoms with Crippen molar-refractivity contribution in [2.75, 3.05) is 32.7 Å². The molecule has 2 rings (SSSR count). The molecule has 0 atom stereocenters. The van der Waals surface area contributed by atoms with E-state index >= 15 is 0 Å². The zero-order valence-corrected chi connectivity index (χ0v) is 16.8. The third kappa shape index (κ3) is 6.38. The molecule has 0 aliphatic carbocycles. The van der Waals surface area contributed by atoms with E-state index in [2.05, 4.69) is 17.6 Å². The number of sulfonamides is 1. The van der Waals surface area contributed by atoms with Gasteiger partial charge in [0.15, 0.2) is 0 Å². The van der Waals surface area contributed by atoms with E-state index in [9.17, 15) is 22.0 Å². The summed E-state index contributed by atoms with van der Waals surface area (Å²) in [5.41, 5.74) is 0. The number of hydrogen-bond donors (Lipinski definition) is 2. The van der Waals surface area contributed by atoms with E-state index in [-0.39, 0.29) is 37.3 Å². The number of benzene rings is 1.